The normalized spacial score (nSPS) is 15.1. The van der Waals surface area contributed by atoms with E-state index >= 15 is 0 Å². The van der Waals surface area contributed by atoms with Crippen molar-refractivity contribution < 1.29 is 8.42 Å². The molecule has 0 radical (unpaired) electrons. The molecule has 0 saturated carbocycles. The highest BCUT2D eigenvalue weighted by molar-refractivity contribution is 7.92. The maximum Gasteiger partial charge on any atom is 0.247 e. The van der Waals surface area contributed by atoms with Crippen LogP contribution in [0.5, 0.6) is 0 Å². The molecule has 1 fully saturated rings. The Kier molecular flexibility index (Phi) is 6.98. The number of benzene rings is 1. The van der Waals surface area contributed by atoms with E-state index in [1.807, 2.05) is 24.4 Å². The minimum Gasteiger partial charge on any atom is -0.378 e. The molecule has 11 heteroatoms. The van der Waals surface area contributed by atoms with Crippen molar-refractivity contribution in [1.29, 1.82) is 0 Å². The van der Waals surface area contributed by atoms with Gasteiger partial charge in [0.15, 0.2) is 5.65 Å². The molecule has 0 unspecified atom stereocenters. The summed E-state index contributed by atoms with van der Waals surface area (Å²) in [5.74, 6) is 1.50. The molecule has 2 N–H and O–H groups in total. The molecular formula is C26H32N8O2S. The van der Waals surface area contributed by atoms with E-state index < -0.39 is 10.0 Å². The Hall–Kier alpha value is -3.70. The molecule has 10 nitrogen and oxygen atoms in total. The van der Waals surface area contributed by atoms with Crippen LogP contribution in [0.4, 0.5) is 23.1 Å². The zero-order chi connectivity index (χ0) is 26.0. The average Bonchev–Trinajstić information content (AvgIpc) is 3.31. The molecule has 4 heterocycles. The van der Waals surface area contributed by atoms with E-state index in [9.17, 15) is 8.42 Å². The third-order valence-corrected chi connectivity index (χ3v) is 8.02. The van der Waals surface area contributed by atoms with Crippen molar-refractivity contribution in [2.24, 2.45) is 0 Å². The van der Waals surface area contributed by atoms with Crippen molar-refractivity contribution in [3.05, 3.63) is 72.1 Å². The van der Waals surface area contributed by atoms with Crippen LogP contribution in [0.25, 0.3) is 5.65 Å². The van der Waals surface area contributed by atoms with Gasteiger partial charge in [-0.25, -0.2) is 17.9 Å². The van der Waals surface area contributed by atoms with E-state index in [2.05, 4.69) is 61.9 Å². The summed E-state index contributed by atoms with van der Waals surface area (Å²) in [7, 11) is 0.251. The van der Waals surface area contributed by atoms with Crippen molar-refractivity contribution in [2.75, 3.05) is 48.4 Å². The smallest absolute Gasteiger partial charge is 0.247 e. The zero-order valence-electron chi connectivity index (χ0n) is 21.3. The number of rotatable bonds is 8. The first-order valence-electron chi connectivity index (χ1n) is 12.3. The summed E-state index contributed by atoms with van der Waals surface area (Å²) in [6, 6.07) is 16.0. The number of nitrogens with zero attached hydrogens (tertiary/aromatic N) is 6. The molecule has 0 amide bonds. The second-order valence-corrected chi connectivity index (χ2v) is 11.5. The number of anilines is 4. The highest BCUT2D eigenvalue weighted by Gasteiger charge is 2.19. The molecule has 3 aromatic heterocycles. The summed E-state index contributed by atoms with van der Waals surface area (Å²) in [4.78, 5) is 11.3. The monoisotopic (exact) mass is 520 g/mol. The number of sulfonamides is 1. The number of pyridine rings is 2. The molecule has 0 aliphatic carbocycles. The van der Waals surface area contributed by atoms with Crippen molar-refractivity contribution >= 4 is 38.8 Å². The van der Waals surface area contributed by atoms with Crippen molar-refractivity contribution in [1.82, 2.24) is 24.5 Å². The van der Waals surface area contributed by atoms with Gasteiger partial charge < -0.3 is 15.5 Å². The molecule has 0 spiro atoms. The highest BCUT2D eigenvalue weighted by atomic mass is 32.2. The number of piperidine rings is 1. The maximum absolute atomic E-state index is 12.0. The number of likely N-dealkylation sites (tertiary alicyclic amines) is 1. The van der Waals surface area contributed by atoms with E-state index in [4.69, 9.17) is 0 Å². The Morgan fingerprint density at radius 1 is 1.08 bits per heavy atom. The van der Waals surface area contributed by atoms with E-state index in [0.29, 0.717) is 29.9 Å². The van der Waals surface area contributed by atoms with Crippen molar-refractivity contribution in [3.63, 3.8) is 0 Å². The van der Waals surface area contributed by atoms with Gasteiger partial charge in [-0.3, -0.25) is 4.31 Å². The van der Waals surface area contributed by atoms with Crippen molar-refractivity contribution in [2.45, 2.75) is 25.3 Å². The maximum atomic E-state index is 12.0. The number of nitrogens with one attached hydrogen (secondary N) is 2. The fraction of sp³-hybridized carbons (Fsp3) is 0.346. The first kappa shape index (κ1) is 25.0. The SMILES string of the molecule is CN1CCC(c2ccc(Nc3nc4c(NCc5cccnc5N(C)S(C)(=O)=O)cccn4n3)cc2)CC1. The molecule has 37 heavy (non-hydrogen) atoms. The first-order valence-corrected chi connectivity index (χ1v) is 14.2. The largest absolute Gasteiger partial charge is 0.378 e. The predicted molar refractivity (Wildman–Crippen MR) is 147 cm³/mol. The zero-order valence-corrected chi connectivity index (χ0v) is 22.1. The van der Waals surface area contributed by atoms with Crippen molar-refractivity contribution in [3.8, 4) is 0 Å². The lowest BCUT2D eigenvalue weighted by Gasteiger charge is -2.29. The number of hydrogen-bond acceptors (Lipinski definition) is 8. The molecule has 1 saturated heterocycles. The van der Waals surface area contributed by atoms with Crippen LogP contribution in [0.2, 0.25) is 0 Å². The molecule has 0 atom stereocenters. The van der Waals surface area contributed by atoms with Gasteiger partial charge in [-0.05, 0) is 74.8 Å². The minimum absolute atomic E-state index is 0.372. The quantitative estimate of drug-likeness (QED) is 0.362. The minimum atomic E-state index is -3.43. The van der Waals surface area contributed by atoms with Crippen LogP contribution in [0.3, 0.4) is 0 Å². The van der Waals surface area contributed by atoms with Gasteiger partial charge in [-0.2, -0.15) is 4.98 Å². The summed E-state index contributed by atoms with van der Waals surface area (Å²) in [5.41, 5.74) is 4.50. The van der Waals surface area contributed by atoms with Crippen LogP contribution >= 0.6 is 0 Å². The van der Waals surface area contributed by atoms with Crippen LogP contribution < -0.4 is 14.9 Å². The van der Waals surface area contributed by atoms with Gasteiger partial charge in [-0.1, -0.05) is 18.2 Å². The van der Waals surface area contributed by atoms with E-state index in [-0.39, 0.29) is 0 Å². The lowest BCUT2D eigenvalue weighted by atomic mass is 9.89. The Labute approximate surface area is 217 Å². The summed E-state index contributed by atoms with van der Waals surface area (Å²) < 4.78 is 27.0. The van der Waals surface area contributed by atoms with Gasteiger partial charge in [0, 0.05) is 37.2 Å². The average molecular weight is 521 g/mol. The molecule has 0 bridgehead atoms. The highest BCUT2D eigenvalue weighted by Crippen LogP contribution is 2.29. The van der Waals surface area contributed by atoms with Crippen LogP contribution in [0, 0.1) is 0 Å². The number of hydrogen-bond donors (Lipinski definition) is 2. The molecule has 5 rings (SSSR count). The van der Waals surface area contributed by atoms with Gasteiger partial charge in [-0.15, -0.1) is 5.10 Å². The summed E-state index contributed by atoms with van der Waals surface area (Å²) in [6.45, 7) is 2.65. The standard InChI is InChI=1S/C26H32N8O2S/c1-32-16-12-20(13-17-32)19-8-10-22(11-9-19)29-26-30-25-23(7-5-15-34(25)31-26)28-18-21-6-4-14-27-24(21)33(2)37(3,35)36/h4-11,14-15,20,28H,12-13,16-18H2,1-3H3,(H,29,31). The third kappa shape index (κ3) is 5.67. The Bertz CT molecular complexity index is 1480. The Balaban J connectivity index is 1.30. The predicted octanol–water partition coefficient (Wildman–Crippen LogP) is 3.69. The molecule has 1 aliphatic rings. The molecule has 1 aliphatic heterocycles. The van der Waals surface area contributed by atoms with Gasteiger partial charge in [0.25, 0.3) is 0 Å². The summed E-state index contributed by atoms with van der Waals surface area (Å²) in [5, 5.41) is 11.2. The van der Waals surface area contributed by atoms with Gasteiger partial charge in [0.05, 0.1) is 11.9 Å². The van der Waals surface area contributed by atoms with Gasteiger partial charge in [0.2, 0.25) is 16.0 Å². The van der Waals surface area contributed by atoms with E-state index in [0.717, 1.165) is 36.3 Å². The summed E-state index contributed by atoms with van der Waals surface area (Å²) in [6.07, 6.45) is 6.97. The molecule has 194 valence electrons. The van der Waals surface area contributed by atoms with E-state index in [1.165, 1.54) is 29.8 Å². The molecule has 4 aromatic rings. The van der Waals surface area contributed by atoms with Crippen LogP contribution in [-0.2, 0) is 16.6 Å². The number of fused-ring (bicyclic) bond motifs is 1. The molecule has 1 aromatic carbocycles. The fourth-order valence-electron chi connectivity index (χ4n) is 4.61. The third-order valence-electron chi connectivity index (χ3n) is 6.85. The van der Waals surface area contributed by atoms with Crippen LogP contribution in [0.15, 0.2) is 60.9 Å². The van der Waals surface area contributed by atoms with Gasteiger partial charge in [0.1, 0.15) is 5.82 Å². The lowest BCUT2D eigenvalue weighted by Crippen LogP contribution is -2.29. The number of aromatic nitrogens is 4. The van der Waals surface area contributed by atoms with Crippen LogP contribution in [0.1, 0.15) is 29.9 Å². The lowest BCUT2D eigenvalue weighted by molar-refractivity contribution is 0.255. The summed E-state index contributed by atoms with van der Waals surface area (Å²) >= 11 is 0. The topological polar surface area (TPSA) is 108 Å². The second-order valence-electron chi connectivity index (χ2n) is 9.52. The van der Waals surface area contributed by atoms with Crippen LogP contribution in [-0.4, -0.2) is 66.3 Å². The first-order chi connectivity index (χ1) is 17.8. The fourth-order valence-corrected chi connectivity index (χ4v) is 5.08. The second kappa shape index (κ2) is 10.3. The Morgan fingerprint density at radius 2 is 1.84 bits per heavy atom. The molecular weight excluding hydrogens is 488 g/mol. The van der Waals surface area contributed by atoms with E-state index in [1.54, 1.807) is 16.8 Å². The Morgan fingerprint density at radius 3 is 2.57 bits per heavy atom. The van der Waals surface area contributed by atoms with Gasteiger partial charge >= 0.3 is 0 Å².